The number of benzene rings is 2. The van der Waals surface area contributed by atoms with Gasteiger partial charge in [-0.3, -0.25) is 25.0 Å². The van der Waals surface area contributed by atoms with Gasteiger partial charge in [0.05, 0.1) is 16.1 Å². The highest BCUT2D eigenvalue weighted by Gasteiger charge is 2.35. The summed E-state index contributed by atoms with van der Waals surface area (Å²) in [5.74, 6) is -1.05. The number of non-ortho nitro benzene ring substituents is 1. The fourth-order valence-electron chi connectivity index (χ4n) is 4.53. The Morgan fingerprint density at radius 1 is 0.970 bits per heavy atom. The van der Waals surface area contributed by atoms with Crippen LogP contribution in [0.25, 0.3) is 33.0 Å². The zero-order chi connectivity index (χ0) is 23.3. The number of carbonyl (C=O) groups excluding carboxylic acids is 2. The Morgan fingerprint density at radius 2 is 1.67 bits per heavy atom. The lowest BCUT2D eigenvalue weighted by molar-refractivity contribution is -0.384. The number of amides is 2. The van der Waals surface area contributed by atoms with Crippen LogP contribution in [0.15, 0.2) is 54.9 Å². The number of nitrogens with zero attached hydrogens (tertiary/aromatic N) is 3. The lowest BCUT2D eigenvalue weighted by atomic mass is 9.95. The predicted octanol–water partition coefficient (Wildman–Crippen LogP) is 2.99. The maximum absolute atomic E-state index is 13.0. The van der Waals surface area contributed by atoms with Gasteiger partial charge in [-0.25, -0.2) is 0 Å². The van der Waals surface area contributed by atoms with Gasteiger partial charge in [-0.2, -0.15) is 0 Å². The molecule has 0 bridgehead atoms. The molecule has 2 N–H and O–H groups in total. The summed E-state index contributed by atoms with van der Waals surface area (Å²) in [7, 11) is 1.87. The summed E-state index contributed by atoms with van der Waals surface area (Å²) >= 11 is 0. The molecule has 4 aromatic rings. The van der Waals surface area contributed by atoms with Crippen LogP contribution in [0.2, 0.25) is 0 Å². The molecule has 0 saturated carbocycles. The molecule has 0 aliphatic carbocycles. The second kappa shape index (κ2) is 7.72. The molecule has 0 atom stereocenters. The van der Waals surface area contributed by atoms with Crippen LogP contribution in [0.3, 0.4) is 0 Å². The van der Waals surface area contributed by atoms with Crippen molar-refractivity contribution < 1.29 is 19.6 Å². The Bertz CT molecular complexity index is 1510. The topological polar surface area (TPSA) is 119 Å². The second-order valence-corrected chi connectivity index (χ2v) is 7.98. The van der Waals surface area contributed by atoms with E-state index in [1.807, 2.05) is 46.6 Å². The number of rotatable bonds is 6. The molecular weight excluding hydrogens is 424 g/mol. The largest absolute Gasteiger partial charge is 0.396 e. The van der Waals surface area contributed by atoms with Crippen LogP contribution in [0.1, 0.15) is 17.5 Å². The molecule has 2 aromatic carbocycles. The first-order valence-corrected chi connectivity index (χ1v) is 10.4. The van der Waals surface area contributed by atoms with E-state index in [1.54, 1.807) is 12.3 Å². The van der Waals surface area contributed by atoms with Gasteiger partial charge in [-0.05, 0) is 18.6 Å². The lowest BCUT2D eigenvalue weighted by Crippen LogP contribution is -2.22. The maximum atomic E-state index is 13.0. The third kappa shape index (κ3) is 3.21. The van der Waals surface area contributed by atoms with E-state index in [0.717, 1.165) is 10.9 Å². The molecule has 0 fully saturated rings. The van der Waals surface area contributed by atoms with E-state index < -0.39 is 16.7 Å². The molecule has 9 heteroatoms. The zero-order valence-electron chi connectivity index (χ0n) is 17.7. The molecule has 1 aliphatic rings. The van der Waals surface area contributed by atoms with Gasteiger partial charge in [-0.15, -0.1) is 0 Å². The first-order chi connectivity index (χ1) is 15.9. The van der Waals surface area contributed by atoms with Gasteiger partial charge in [0.1, 0.15) is 0 Å². The van der Waals surface area contributed by atoms with Crippen molar-refractivity contribution in [3.05, 3.63) is 76.1 Å². The van der Waals surface area contributed by atoms with Crippen molar-refractivity contribution in [3.8, 4) is 0 Å². The summed E-state index contributed by atoms with van der Waals surface area (Å²) in [6.07, 6.45) is 4.01. The third-order valence-corrected chi connectivity index (χ3v) is 6.00. The standard InChI is InChI=1S/C24H20N4O5/c1-26-12-17(15-5-2-3-6-19(15)26)21-22(24(31)25-23(21)30)18-13-27(9-4-10-29)20-8-7-14(28(32)33)11-16(18)20/h2-3,5-8,11-13,29H,4,9-10H2,1H3,(H,25,30,31). The zero-order valence-corrected chi connectivity index (χ0v) is 17.7. The third-order valence-electron chi connectivity index (χ3n) is 6.00. The number of nitro groups is 1. The summed E-state index contributed by atoms with van der Waals surface area (Å²) in [4.78, 5) is 36.9. The van der Waals surface area contributed by atoms with Crippen molar-refractivity contribution in [1.82, 2.24) is 14.5 Å². The van der Waals surface area contributed by atoms with Crippen molar-refractivity contribution in [2.75, 3.05) is 6.61 Å². The number of aliphatic hydroxyl groups is 1. The molecule has 5 rings (SSSR count). The average Bonchev–Trinajstić information content (AvgIpc) is 3.42. The van der Waals surface area contributed by atoms with Crippen LogP contribution in [-0.4, -0.2) is 37.6 Å². The maximum Gasteiger partial charge on any atom is 0.270 e. The lowest BCUT2D eigenvalue weighted by Gasteiger charge is -2.03. The highest BCUT2D eigenvalue weighted by atomic mass is 16.6. The summed E-state index contributed by atoms with van der Waals surface area (Å²) < 4.78 is 3.73. The van der Waals surface area contributed by atoms with E-state index in [-0.39, 0.29) is 23.4 Å². The van der Waals surface area contributed by atoms with E-state index in [9.17, 15) is 24.8 Å². The fraction of sp³-hybridized carbons (Fsp3) is 0.167. The Kier molecular flexibility index (Phi) is 4.83. The van der Waals surface area contributed by atoms with Crippen molar-refractivity contribution in [2.45, 2.75) is 13.0 Å². The van der Waals surface area contributed by atoms with Gasteiger partial charge in [0.25, 0.3) is 17.5 Å². The number of carbonyl (C=O) groups is 2. The number of aliphatic hydroxyl groups excluding tert-OH is 1. The van der Waals surface area contributed by atoms with Gasteiger partial charge >= 0.3 is 0 Å². The van der Waals surface area contributed by atoms with Crippen LogP contribution in [0.5, 0.6) is 0 Å². The van der Waals surface area contributed by atoms with Crippen molar-refractivity contribution in [2.24, 2.45) is 7.05 Å². The van der Waals surface area contributed by atoms with Gasteiger partial charge in [-0.1, -0.05) is 18.2 Å². The van der Waals surface area contributed by atoms with E-state index in [2.05, 4.69) is 5.32 Å². The van der Waals surface area contributed by atoms with E-state index >= 15 is 0 Å². The number of aromatic nitrogens is 2. The minimum atomic E-state index is -0.546. The Hall–Kier alpha value is -4.24. The van der Waals surface area contributed by atoms with E-state index in [4.69, 9.17) is 0 Å². The normalized spacial score (nSPS) is 14.0. The SMILES string of the molecule is Cn1cc(C2=C(c3cn(CCCO)c4ccc([N+](=O)[O-])cc34)C(=O)NC2=O)c2ccccc21. The van der Waals surface area contributed by atoms with Crippen molar-refractivity contribution in [1.29, 1.82) is 0 Å². The van der Waals surface area contributed by atoms with E-state index in [1.165, 1.54) is 12.1 Å². The highest BCUT2D eigenvalue weighted by molar-refractivity contribution is 6.50. The molecule has 3 heterocycles. The molecule has 2 amide bonds. The Balaban J connectivity index is 1.83. The molecule has 9 nitrogen and oxygen atoms in total. The van der Waals surface area contributed by atoms with Crippen LogP contribution < -0.4 is 5.32 Å². The average molecular weight is 444 g/mol. The van der Waals surface area contributed by atoms with Crippen LogP contribution in [0, 0.1) is 10.1 Å². The fourth-order valence-corrected chi connectivity index (χ4v) is 4.53. The number of imide groups is 1. The molecule has 0 radical (unpaired) electrons. The molecule has 1 aliphatic heterocycles. The van der Waals surface area contributed by atoms with Gasteiger partial charge < -0.3 is 14.2 Å². The number of nitrogens with one attached hydrogen (secondary N) is 1. The summed E-state index contributed by atoms with van der Waals surface area (Å²) in [5, 5.41) is 24.4. The number of fused-ring (bicyclic) bond motifs is 2. The number of hydrogen-bond donors (Lipinski definition) is 2. The summed E-state index contributed by atoms with van der Waals surface area (Å²) in [6.45, 7) is 0.433. The number of hydrogen-bond acceptors (Lipinski definition) is 5. The number of para-hydroxylation sites is 1. The molecule has 33 heavy (non-hydrogen) atoms. The number of nitro benzene ring substituents is 1. The van der Waals surface area contributed by atoms with Crippen LogP contribution >= 0.6 is 0 Å². The Morgan fingerprint density at radius 3 is 2.36 bits per heavy atom. The summed E-state index contributed by atoms with van der Waals surface area (Å²) in [6, 6.07) is 12.0. The first kappa shape index (κ1) is 20.7. The second-order valence-electron chi connectivity index (χ2n) is 7.98. The monoisotopic (exact) mass is 444 g/mol. The summed E-state index contributed by atoms with van der Waals surface area (Å²) in [5.41, 5.74) is 2.97. The van der Waals surface area contributed by atoms with Gasteiger partial charge in [0.15, 0.2) is 0 Å². The minimum absolute atomic E-state index is 0.0229. The number of aryl methyl sites for hydroxylation is 2. The van der Waals surface area contributed by atoms with E-state index in [0.29, 0.717) is 35.0 Å². The molecule has 2 aromatic heterocycles. The molecule has 0 spiro atoms. The molecule has 166 valence electrons. The minimum Gasteiger partial charge on any atom is -0.396 e. The van der Waals surface area contributed by atoms with Gasteiger partial charge in [0, 0.05) is 77.7 Å². The van der Waals surface area contributed by atoms with Crippen molar-refractivity contribution >= 4 is 50.5 Å². The van der Waals surface area contributed by atoms with Crippen LogP contribution in [0.4, 0.5) is 5.69 Å². The molecular formula is C24H20N4O5. The molecule has 0 saturated heterocycles. The quantitative estimate of drug-likeness (QED) is 0.269. The highest BCUT2D eigenvalue weighted by Crippen LogP contribution is 2.39. The first-order valence-electron chi connectivity index (χ1n) is 10.4. The van der Waals surface area contributed by atoms with Crippen LogP contribution in [-0.2, 0) is 23.2 Å². The van der Waals surface area contributed by atoms with Crippen molar-refractivity contribution in [3.63, 3.8) is 0 Å². The smallest absolute Gasteiger partial charge is 0.270 e. The van der Waals surface area contributed by atoms with Gasteiger partial charge in [0.2, 0.25) is 0 Å². The molecule has 0 unspecified atom stereocenters. The Labute approximate surface area is 187 Å². The predicted molar refractivity (Wildman–Crippen MR) is 123 cm³/mol.